The topological polar surface area (TPSA) is 145 Å². The summed E-state index contributed by atoms with van der Waals surface area (Å²) in [6, 6.07) is 10.1. The molecule has 4 rings (SSSR count). The Balaban J connectivity index is 1.33. The molecular weight excluding hydrogens is 430 g/mol. The molecule has 0 aromatic heterocycles. The fourth-order valence-corrected chi connectivity index (χ4v) is 3.72. The molecule has 10 heteroatoms. The van der Waals surface area contributed by atoms with Gasteiger partial charge < -0.3 is 15.2 Å². The summed E-state index contributed by atoms with van der Waals surface area (Å²) in [6.07, 6.45) is 0.683. The molecule has 1 atom stereocenters. The number of nitrogens with zero attached hydrogens (tertiary/aromatic N) is 1. The second-order valence-corrected chi connectivity index (χ2v) is 7.60. The number of benzene rings is 2. The van der Waals surface area contributed by atoms with E-state index in [2.05, 4.69) is 5.32 Å². The molecule has 10 nitrogen and oxygen atoms in total. The molecule has 1 saturated heterocycles. The van der Waals surface area contributed by atoms with E-state index in [1.165, 1.54) is 12.1 Å². The van der Waals surface area contributed by atoms with Crippen LogP contribution in [0.4, 0.5) is 0 Å². The number of nitrogens with one attached hydrogen (secondary N) is 1. The van der Waals surface area contributed by atoms with Crippen molar-refractivity contribution < 1.29 is 33.4 Å². The Kier molecular flexibility index (Phi) is 6.07. The maximum Gasteiger partial charge on any atom is 0.262 e. The number of nitrogens with two attached hydrogens (primary N) is 1. The van der Waals surface area contributed by atoms with Crippen molar-refractivity contribution in [1.82, 2.24) is 10.2 Å². The van der Waals surface area contributed by atoms with Gasteiger partial charge in [0.1, 0.15) is 17.5 Å². The van der Waals surface area contributed by atoms with Crippen LogP contribution in [0.2, 0.25) is 0 Å². The zero-order valence-electron chi connectivity index (χ0n) is 17.5. The zero-order chi connectivity index (χ0) is 23.5. The van der Waals surface area contributed by atoms with Gasteiger partial charge in [0, 0.05) is 18.4 Å². The molecule has 0 radical (unpaired) electrons. The van der Waals surface area contributed by atoms with Crippen molar-refractivity contribution in [3.8, 4) is 11.5 Å². The molecule has 2 aliphatic heterocycles. The number of hydrogen-bond acceptors (Lipinski definition) is 7. The number of hydrogen-bond donors (Lipinski definition) is 2. The van der Waals surface area contributed by atoms with E-state index in [0.717, 1.165) is 4.90 Å². The quantitative estimate of drug-likeness (QED) is 0.450. The normalized spacial score (nSPS) is 17.6. The second kappa shape index (κ2) is 9.11. The minimum atomic E-state index is -1.01. The van der Waals surface area contributed by atoms with Crippen LogP contribution in [0.5, 0.6) is 11.5 Å². The Morgan fingerprint density at radius 3 is 2.36 bits per heavy atom. The van der Waals surface area contributed by atoms with E-state index in [1.807, 2.05) is 0 Å². The maximum absolute atomic E-state index is 12.8. The van der Waals surface area contributed by atoms with Gasteiger partial charge in [-0.05, 0) is 42.8 Å². The molecule has 170 valence electrons. The van der Waals surface area contributed by atoms with Gasteiger partial charge in [0.05, 0.1) is 24.3 Å². The van der Waals surface area contributed by atoms with Crippen molar-refractivity contribution >= 4 is 29.5 Å². The van der Waals surface area contributed by atoms with Gasteiger partial charge in [0.15, 0.2) is 0 Å². The number of carbonyl (C=O) groups excluding carboxylic acids is 5. The summed E-state index contributed by atoms with van der Waals surface area (Å²) < 4.78 is 11.3. The van der Waals surface area contributed by atoms with Crippen molar-refractivity contribution in [3.05, 3.63) is 59.2 Å². The number of fused-ring (bicyclic) bond motifs is 1. The Bertz CT molecular complexity index is 1160. The van der Waals surface area contributed by atoms with Crippen LogP contribution in [0, 0.1) is 0 Å². The summed E-state index contributed by atoms with van der Waals surface area (Å²) in [5.74, 6) is -1.86. The first kappa shape index (κ1) is 22.0. The van der Waals surface area contributed by atoms with Gasteiger partial charge in [-0.25, -0.2) is 0 Å². The number of primary amides is 1. The fourth-order valence-electron chi connectivity index (χ4n) is 3.72. The average molecular weight is 451 g/mol. The highest BCUT2D eigenvalue weighted by molar-refractivity contribution is 6.23. The third-order valence-corrected chi connectivity index (χ3v) is 5.36. The van der Waals surface area contributed by atoms with E-state index < -0.39 is 35.6 Å². The molecule has 1 fully saturated rings. The minimum absolute atomic E-state index is 0.0626. The molecule has 3 N–H and O–H groups in total. The van der Waals surface area contributed by atoms with Crippen molar-refractivity contribution in [2.75, 3.05) is 13.2 Å². The highest BCUT2D eigenvalue weighted by atomic mass is 16.5. The maximum atomic E-state index is 12.8. The van der Waals surface area contributed by atoms with E-state index in [-0.39, 0.29) is 30.6 Å². The number of piperidine rings is 1. The van der Waals surface area contributed by atoms with Gasteiger partial charge in [0.25, 0.3) is 11.8 Å². The fraction of sp³-hybridized carbons (Fsp3) is 0.261. The number of amides is 5. The molecule has 1 unspecified atom stereocenters. The SMILES string of the molecule is NC(=O)c1cccc(OCCCOc2ccc3c(c2)C(=O)N(C2CCC(=O)NC2=O)C3=O)c1. The second-order valence-electron chi connectivity index (χ2n) is 7.60. The zero-order valence-corrected chi connectivity index (χ0v) is 17.5. The van der Waals surface area contributed by atoms with Gasteiger partial charge in [-0.1, -0.05) is 6.07 Å². The molecule has 0 bridgehead atoms. The van der Waals surface area contributed by atoms with Gasteiger partial charge in [-0.15, -0.1) is 0 Å². The van der Waals surface area contributed by atoms with E-state index in [9.17, 15) is 24.0 Å². The third-order valence-electron chi connectivity index (χ3n) is 5.36. The molecule has 0 aliphatic carbocycles. The Morgan fingerprint density at radius 2 is 1.67 bits per heavy atom. The minimum Gasteiger partial charge on any atom is -0.493 e. The summed E-state index contributed by atoms with van der Waals surface area (Å²) in [5.41, 5.74) is 5.95. The van der Waals surface area contributed by atoms with E-state index in [0.29, 0.717) is 30.1 Å². The van der Waals surface area contributed by atoms with Crippen LogP contribution >= 0.6 is 0 Å². The lowest BCUT2D eigenvalue weighted by molar-refractivity contribution is -0.136. The molecule has 2 aliphatic rings. The lowest BCUT2D eigenvalue weighted by Gasteiger charge is -2.27. The monoisotopic (exact) mass is 451 g/mol. The lowest BCUT2D eigenvalue weighted by Crippen LogP contribution is -2.54. The Hall–Kier alpha value is -4.21. The smallest absolute Gasteiger partial charge is 0.262 e. The predicted molar refractivity (Wildman–Crippen MR) is 114 cm³/mol. The Labute approximate surface area is 188 Å². The first-order valence-electron chi connectivity index (χ1n) is 10.4. The van der Waals surface area contributed by atoms with Crippen molar-refractivity contribution in [3.63, 3.8) is 0 Å². The van der Waals surface area contributed by atoms with Gasteiger partial charge >= 0.3 is 0 Å². The molecule has 0 saturated carbocycles. The molecule has 5 amide bonds. The van der Waals surface area contributed by atoms with Crippen LogP contribution < -0.4 is 20.5 Å². The summed E-state index contributed by atoms with van der Waals surface area (Å²) in [7, 11) is 0. The van der Waals surface area contributed by atoms with Crippen molar-refractivity contribution in [2.24, 2.45) is 5.73 Å². The van der Waals surface area contributed by atoms with Crippen molar-refractivity contribution in [2.45, 2.75) is 25.3 Å². The van der Waals surface area contributed by atoms with Crippen LogP contribution in [0.25, 0.3) is 0 Å². The predicted octanol–water partition coefficient (Wildman–Crippen LogP) is 1.03. The summed E-state index contributed by atoms with van der Waals surface area (Å²) in [4.78, 5) is 61.1. The van der Waals surface area contributed by atoms with Crippen LogP contribution in [0.15, 0.2) is 42.5 Å². The van der Waals surface area contributed by atoms with Gasteiger partial charge in [-0.2, -0.15) is 0 Å². The van der Waals surface area contributed by atoms with E-state index in [4.69, 9.17) is 15.2 Å². The standard InChI is InChI=1S/C23H21N3O7/c24-20(28)13-3-1-4-14(11-13)32-9-2-10-33-15-5-6-16-17(12-15)23(31)26(22(16)30)18-7-8-19(27)25-21(18)29/h1,3-6,11-12,18H,2,7-10H2,(H2,24,28)(H,25,27,29). The van der Waals surface area contributed by atoms with Crippen LogP contribution in [-0.4, -0.2) is 53.7 Å². The van der Waals surface area contributed by atoms with Gasteiger partial charge in [0.2, 0.25) is 17.7 Å². The summed E-state index contributed by atoms with van der Waals surface area (Å²) in [6.45, 7) is 0.612. The molecule has 2 aromatic rings. The van der Waals surface area contributed by atoms with Crippen LogP contribution in [-0.2, 0) is 9.59 Å². The van der Waals surface area contributed by atoms with Crippen molar-refractivity contribution in [1.29, 1.82) is 0 Å². The molecule has 0 spiro atoms. The van der Waals surface area contributed by atoms with Crippen LogP contribution in [0.1, 0.15) is 50.3 Å². The van der Waals surface area contributed by atoms with Gasteiger partial charge in [-0.3, -0.25) is 34.2 Å². The van der Waals surface area contributed by atoms with E-state index >= 15 is 0 Å². The Morgan fingerprint density at radius 1 is 0.970 bits per heavy atom. The number of rotatable bonds is 8. The number of carbonyl (C=O) groups is 5. The highest BCUT2D eigenvalue weighted by Crippen LogP contribution is 2.30. The highest BCUT2D eigenvalue weighted by Gasteiger charge is 2.44. The molecular formula is C23H21N3O7. The van der Waals surface area contributed by atoms with Crippen LogP contribution in [0.3, 0.4) is 0 Å². The largest absolute Gasteiger partial charge is 0.493 e. The van der Waals surface area contributed by atoms with E-state index in [1.54, 1.807) is 30.3 Å². The average Bonchev–Trinajstić information content (AvgIpc) is 3.03. The molecule has 33 heavy (non-hydrogen) atoms. The molecule has 2 heterocycles. The summed E-state index contributed by atoms with van der Waals surface area (Å²) >= 11 is 0. The number of ether oxygens (including phenoxy) is 2. The molecule has 2 aromatic carbocycles. The first-order chi connectivity index (χ1) is 15.8. The number of imide groups is 2. The first-order valence-corrected chi connectivity index (χ1v) is 10.4. The lowest BCUT2D eigenvalue weighted by atomic mass is 10.0. The summed E-state index contributed by atoms with van der Waals surface area (Å²) in [5, 5.41) is 2.16. The third kappa shape index (κ3) is 4.54.